The first-order chi connectivity index (χ1) is 3.71. The summed E-state index contributed by atoms with van der Waals surface area (Å²) in [5.41, 5.74) is 0. The van der Waals surface area contributed by atoms with Crippen molar-refractivity contribution in [2.24, 2.45) is 0 Å². The van der Waals surface area contributed by atoms with Gasteiger partial charge >= 0.3 is 0 Å². The zero-order chi connectivity index (χ0) is 6.04. The van der Waals surface area contributed by atoms with Crippen molar-refractivity contribution in [3.8, 4) is 0 Å². The van der Waals surface area contributed by atoms with Crippen LogP contribution >= 0.6 is 0 Å². The van der Waals surface area contributed by atoms with Gasteiger partial charge in [0.05, 0.1) is 20.1 Å². The van der Waals surface area contributed by atoms with E-state index in [0.29, 0.717) is 0 Å². The monoisotopic (exact) mass is 112 g/mol. The molecule has 0 aromatic carbocycles. The maximum atomic E-state index is 5.82. The molecule has 1 saturated heterocycles. The molecular weight excluding hydrogens is 98.1 g/mol. The summed E-state index contributed by atoms with van der Waals surface area (Å²) >= 11 is 0. The largest absolute Gasteiger partial charge is 0.313 e. The quantitative estimate of drug-likeness (QED) is 0.414. The fourth-order valence-electron chi connectivity index (χ4n) is 1.23. The summed E-state index contributed by atoms with van der Waals surface area (Å²) in [6.45, 7) is 2.33. The third-order valence-electron chi connectivity index (χ3n) is 1.84. The molecule has 1 heteroatoms. The van der Waals surface area contributed by atoms with E-state index in [-0.39, 0.29) is 0 Å². The van der Waals surface area contributed by atoms with Gasteiger partial charge in [-0.25, -0.2) is 0 Å². The molecule has 0 bridgehead atoms. The molecule has 1 fully saturated rings. The highest BCUT2D eigenvalue weighted by Gasteiger charge is 2.18. The molecule has 8 heavy (non-hydrogen) atoms. The number of piperidine rings is 1. The molecule has 0 aromatic heterocycles. The van der Waals surface area contributed by atoms with Crippen molar-refractivity contribution < 1.29 is 4.48 Å². The summed E-state index contributed by atoms with van der Waals surface area (Å²) in [7, 11) is 7.91. The van der Waals surface area contributed by atoms with E-state index in [1.54, 1.807) is 0 Å². The Morgan fingerprint density at radius 3 is 1.88 bits per heavy atom. The van der Waals surface area contributed by atoms with Crippen LogP contribution in [0.25, 0.3) is 0 Å². The summed E-state index contributed by atoms with van der Waals surface area (Å²) < 4.78 is 0.750. The minimum Gasteiger partial charge on any atom is -0.313 e. The summed E-state index contributed by atoms with van der Waals surface area (Å²) in [5, 5.41) is 0. The van der Waals surface area contributed by atoms with Crippen molar-refractivity contribution in [2.75, 3.05) is 20.1 Å². The average molecular weight is 112 g/mol. The van der Waals surface area contributed by atoms with Gasteiger partial charge in [0.1, 0.15) is 0 Å². The molecular formula is C7H14N+. The van der Waals surface area contributed by atoms with Gasteiger partial charge in [-0.2, -0.15) is 0 Å². The SMILES string of the molecule is [CH][N+]1(C)CCCCC1. The lowest BCUT2D eigenvalue weighted by Gasteiger charge is -2.31. The highest BCUT2D eigenvalue weighted by atomic mass is 15.3. The Kier molecular flexibility index (Phi) is 1.57. The van der Waals surface area contributed by atoms with Crippen LogP contribution in [0.1, 0.15) is 19.3 Å². The van der Waals surface area contributed by atoms with Crippen LogP contribution in [-0.2, 0) is 0 Å². The number of hydrogen-bond acceptors (Lipinski definition) is 0. The van der Waals surface area contributed by atoms with Gasteiger partial charge in [-0.3, -0.25) is 0 Å². The fourth-order valence-corrected chi connectivity index (χ4v) is 1.23. The molecule has 0 aromatic rings. The van der Waals surface area contributed by atoms with E-state index in [9.17, 15) is 0 Å². The molecule has 1 heterocycles. The lowest BCUT2D eigenvalue weighted by atomic mass is 10.1. The van der Waals surface area contributed by atoms with Crippen molar-refractivity contribution in [3.05, 3.63) is 7.05 Å². The molecule has 0 amide bonds. The molecule has 0 N–H and O–H groups in total. The number of likely N-dealkylation sites (tertiary alicyclic amines) is 1. The van der Waals surface area contributed by atoms with Crippen LogP contribution in [0.5, 0.6) is 0 Å². The average Bonchev–Trinajstić information content (AvgIpc) is 1.65. The number of hydrogen-bond donors (Lipinski definition) is 0. The molecule has 1 aliphatic heterocycles. The Labute approximate surface area is 51.9 Å². The van der Waals surface area contributed by atoms with Gasteiger partial charge in [0.25, 0.3) is 0 Å². The van der Waals surface area contributed by atoms with Gasteiger partial charge in [0.2, 0.25) is 7.05 Å². The van der Waals surface area contributed by atoms with E-state index in [2.05, 4.69) is 7.05 Å². The molecule has 0 saturated carbocycles. The Hall–Kier alpha value is -0.0400. The van der Waals surface area contributed by atoms with E-state index in [1.165, 1.54) is 32.4 Å². The van der Waals surface area contributed by atoms with Crippen LogP contribution in [0, 0.1) is 7.05 Å². The van der Waals surface area contributed by atoms with E-state index in [4.69, 9.17) is 7.05 Å². The summed E-state index contributed by atoms with van der Waals surface area (Å²) in [4.78, 5) is 0. The summed E-state index contributed by atoms with van der Waals surface area (Å²) in [6.07, 6.45) is 4.00. The van der Waals surface area contributed by atoms with E-state index in [0.717, 1.165) is 4.48 Å². The van der Waals surface area contributed by atoms with Gasteiger partial charge in [0.15, 0.2) is 0 Å². The van der Waals surface area contributed by atoms with Crippen molar-refractivity contribution in [2.45, 2.75) is 19.3 Å². The van der Waals surface area contributed by atoms with Crippen LogP contribution in [0.15, 0.2) is 0 Å². The zero-order valence-corrected chi connectivity index (χ0v) is 5.56. The minimum absolute atomic E-state index is 0.750. The van der Waals surface area contributed by atoms with Gasteiger partial charge in [-0.05, 0) is 19.3 Å². The van der Waals surface area contributed by atoms with Gasteiger partial charge in [-0.1, -0.05) is 0 Å². The molecule has 0 aliphatic carbocycles. The number of rotatable bonds is 0. The molecule has 2 radical (unpaired) electrons. The second kappa shape index (κ2) is 2.06. The van der Waals surface area contributed by atoms with Crippen LogP contribution in [0.2, 0.25) is 0 Å². The molecule has 0 spiro atoms. The highest BCUT2D eigenvalue weighted by Crippen LogP contribution is 2.13. The predicted octanol–water partition coefficient (Wildman–Crippen LogP) is 1.29. The maximum absolute atomic E-state index is 5.82. The second-order valence-electron chi connectivity index (χ2n) is 2.99. The Bertz CT molecular complexity index is 68.5. The van der Waals surface area contributed by atoms with Crippen LogP contribution in [-0.4, -0.2) is 24.6 Å². The van der Waals surface area contributed by atoms with Crippen LogP contribution in [0.3, 0.4) is 0 Å². The molecule has 1 aliphatic rings. The fraction of sp³-hybridized carbons (Fsp3) is 0.857. The second-order valence-corrected chi connectivity index (χ2v) is 2.99. The molecule has 1 nitrogen and oxygen atoms in total. The Morgan fingerprint density at radius 1 is 1.12 bits per heavy atom. The third kappa shape index (κ3) is 1.48. The van der Waals surface area contributed by atoms with Gasteiger partial charge in [0, 0.05) is 0 Å². The Morgan fingerprint density at radius 2 is 1.62 bits per heavy atom. The van der Waals surface area contributed by atoms with E-state index in [1.807, 2.05) is 0 Å². The first-order valence-corrected chi connectivity index (χ1v) is 3.34. The zero-order valence-electron chi connectivity index (χ0n) is 5.56. The van der Waals surface area contributed by atoms with Crippen LogP contribution < -0.4 is 0 Å². The standard InChI is InChI=1S/C7H14N/c1-8(2)6-4-3-5-7-8/h1H,3-7H2,2H3/q+1. The van der Waals surface area contributed by atoms with Gasteiger partial charge < -0.3 is 4.48 Å². The normalized spacial score (nSPS) is 27.8. The maximum Gasteiger partial charge on any atom is 0.206 e. The first kappa shape index (κ1) is 6.09. The highest BCUT2D eigenvalue weighted by molar-refractivity contribution is 4.49. The van der Waals surface area contributed by atoms with Crippen molar-refractivity contribution in [1.29, 1.82) is 0 Å². The van der Waals surface area contributed by atoms with E-state index >= 15 is 0 Å². The lowest BCUT2D eigenvalue weighted by Crippen LogP contribution is -2.41. The molecule has 46 valence electrons. The first-order valence-electron chi connectivity index (χ1n) is 3.34. The van der Waals surface area contributed by atoms with Gasteiger partial charge in [-0.15, -0.1) is 0 Å². The lowest BCUT2D eigenvalue weighted by molar-refractivity contribution is -0.870. The topological polar surface area (TPSA) is 0 Å². The smallest absolute Gasteiger partial charge is 0.206 e. The molecule has 0 unspecified atom stereocenters. The van der Waals surface area contributed by atoms with Crippen molar-refractivity contribution in [1.82, 2.24) is 0 Å². The van der Waals surface area contributed by atoms with E-state index < -0.39 is 0 Å². The minimum atomic E-state index is 0.750. The molecule has 0 atom stereocenters. The summed E-state index contributed by atoms with van der Waals surface area (Å²) in [6, 6.07) is 0. The van der Waals surface area contributed by atoms with Crippen molar-refractivity contribution in [3.63, 3.8) is 0 Å². The third-order valence-corrected chi connectivity index (χ3v) is 1.84. The van der Waals surface area contributed by atoms with Crippen LogP contribution in [0.4, 0.5) is 0 Å². The number of nitrogens with zero attached hydrogens (tertiary/aromatic N) is 1. The molecule has 1 rings (SSSR count). The Balaban J connectivity index is 2.33. The predicted molar refractivity (Wildman–Crippen MR) is 34.1 cm³/mol. The van der Waals surface area contributed by atoms with Crippen molar-refractivity contribution >= 4 is 0 Å². The number of quaternary nitrogens is 1. The summed E-state index contributed by atoms with van der Waals surface area (Å²) in [5.74, 6) is 0.